The second kappa shape index (κ2) is 10.6. The predicted molar refractivity (Wildman–Crippen MR) is 98.0 cm³/mol. The van der Waals surface area contributed by atoms with Crippen molar-refractivity contribution in [2.24, 2.45) is 0 Å². The van der Waals surface area contributed by atoms with Gasteiger partial charge in [-0.1, -0.05) is 43.2 Å². The molecule has 0 aliphatic carbocycles. The summed E-state index contributed by atoms with van der Waals surface area (Å²) in [6.07, 6.45) is 13.0. The van der Waals surface area contributed by atoms with E-state index in [0.29, 0.717) is 5.57 Å². The molecule has 0 saturated heterocycles. The standard InChI is InChI=1S/C19H24O3S/c1-4-5-12-22-17-11-13-23-18(17)10-9-15(2)7-6-8-16(3)14-19(20)21/h6-11,13-14H,4-5,12H2,1-3H3,(H,20,21)/b8-6+,10-9+,15-7+,16-14+. The molecule has 0 atom stereocenters. The fourth-order valence-corrected chi connectivity index (χ4v) is 2.46. The molecule has 0 aliphatic rings. The summed E-state index contributed by atoms with van der Waals surface area (Å²) in [6, 6.07) is 2.00. The van der Waals surface area contributed by atoms with Gasteiger partial charge >= 0.3 is 5.97 Å². The van der Waals surface area contributed by atoms with Gasteiger partial charge in [-0.05, 0) is 43.4 Å². The van der Waals surface area contributed by atoms with Gasteiger partial charge in [0.2, 0.25) is 0 Å². The number of allylic oxidation sites excluding steroid dienone is 6. The Morgan fingerprint density at radius 2 is 2.09 bits per heavy atom. The minimum Gasteiger partial charge on any atom is -0.492 e. The number of carboxylic acids is 1. The normalized spacial score (nSPS) is 13.2. The quantitative estimate of drug-likeness (QED) is 0.370. The second-order valence-electron chi connectivity index (χ2n) is 5.18. The van der Waals surface area contributed by atoms with Crippen LogP contribution >= 0.6 is 11.3 Å². The zero-order valence-corrected chi connectivity index (χ0v) is 14.7. The molecule has 1 rings (SSSR count). The van der Waals surface area contributed by atoms with Gasteiger partial charge in [-0.3, -0.25) is 0 Å². The predicted octanol–water partition coefficient (Wildman–Crippen LogP) is 5.47. The molecule has 0 radical (unpaired) electrons. The lowest BCUT2D eigenvalue weighted by Crippen LogP contribution is -1.95. The largest absolute Gasteiger partial charge is 0.492 e. The number of aliphatic carboxylic acids is 1. The summed E-state index contributed by atoms with van der Waals surface area (Å²) in [6.45, 7) is 6.66. The monoisotopic (exact) mass is 332 g/mol. The van der Waals surface area contributed by atoms with Gasteiger partial charge in [-0.2, -0.15) is 0 Å². The zero-order chi connectivity index (χ0) is 17.1. The highest BCUT2D eigenvalue weighted by Gasteiger charge is 2.01. The van der Waals surface area contributed by atoms with E-state index in [0.717, 1.165) is 35.6 Å². The van der Waals surface area contributed by atoms with E-state index in [1.54, 1.807) is 24.3 Å². The molecule has 0 aliphatic heterocycles. The third-order valence-corrected chi connectivity index (χ3v) is 3.84. The maximum absolute atomic E-state index is 10.5. The minimum absolute atomic E-state index is 0.704. The van der Waals surface area contributed by atoms with Gasteiger partial charge in [0.25, 0.3) is 0 Å². The molecular weight excluding hydrogens is 308 g/mol. The summed E-state index contributed by atoms with van der Waals surface area (Å²) in [5.41, 5.74) is 1.78. The summed E-state index contributed by atoms with van der Waals surface area (Å²) in [4.78, 5) is 11.6. The van der Waals surface area contributed by atoms with E-state index in [1.165, 1.54) is 6.08 Å². The summed E-state index contributed by atoms with van der Waals surface area (Å²) < 4.78 is 5.76. The molecule has 1 heterocycles. The summed E-state index contributed by atoms with van der Waals surface area (Å²) >= 11 is 1.65. The average molecular weight is 332 g/mol. The highest BCUT2D eigenvalue weighted by molar-refractivity contribution is 7.11. The molecule has 1 aromatic rings. The van der Waals surface area contributed by atoms with Crippen molar-refractivity contribution in [1.82, 2.24) is 0 Å². The smallest absolute Gasteiger partial charge is 0.328 e. The fourth-order valence-electron chi connectivity index (χ4n) is 1.73. The summed E-state index contributed by atoms with van der Waals surface area (Å²) in [5.74, 6) is 0.00400. The first-order valence-corrected chi connectivity index (χ1v) is 8.55. The van der Waals surface area contributed by atoms with Gasteiger partial charge in [-0.25, -0.2) is 4.79 Å². The number of hydrogen-bond donors (Lipinski definition) is 1. The van der Waals surface area contributed by atoms with Crippen LogP contribution in [0.4, 0.5) is 0 Å². The van der Waals surface area contributed by atoms with Gasteiger partial charge in [-0.15, -0.1) is 11.3 Å². The molecule has 0 fully saturated rings. The number of hydrogen-bond acceptors (Lipinski definition) is 3. The third-order valence-electron chi connectivity index (χ3n) is 2.98. The van der Waals surface area contributed by atoms with Crippen molar-refractivity contribution in [2.75, 3.05) is 6.61 Å². The lowest BCUT2D eigenvalue weighted by molar-refractivity contribution is -0.131. The van der Waals surface area contributed by atoms with E-state index in [-0.39, 0.29) is 0 Å². The maximum Gasteiger partial charge on any atom is 0.328 e. The van der Waals surface area contributed by atoms with Crippen molar-refractivity contribution >= 4 is 23.4 Å². The van der Waals surface area contributed by atoms with Crippen molar-refractivity contribution in [3.05, 3.63) is 57.8 Å². The molecule has 1 aromatic heterocycles. The van der Waals surface area contributed by atoms with Crippen LogP contribution in [0, 0.1) is 0 Å². The Morgan fingerprint density at radius 3 is 2.78 bits per heavy atom. The van der Waals surface area contributed by atoms with Gasteiger partial charge in [0.1, 0.15) is 5.75 Å². The zero-order valence-electron chi connectivity index (χ0n) is 13.9. The SMILES string of the molecule is CCCCOc1ccsc1/C=C/C(C)=C/C=C/C(C)=C/C(=O)O. The van der Waals surface area contributed by atoms with Crippen LogP contribution in [0.2, 0.25) is 0 Å². The Kier molecular flexibility index (Phi) is 8.76. The van der Waals surface area contributed by atoms with Crippen LogP contribution < -0.4 is 4.74 Å². The van der Waals surface area contributed by atoms with E-state index in [9.17, 15) is 4.79 Å². The molecule has 0 saturated carbocycles. The second-order valence-corrected chi connectivity index (χ2v) is 6.13. The first kappa shape index (κ1) is 19.0. The first-order chi connectivity index (χ1) is 11.0. The van der Waals surface area contributed by atoms with Gasteiger partial charge in [0, 0.05) is 6.08 Å². The van der Waals surface area contributed by atoms with E-state index in [2.05, 4.69) is 6.92 Å². The van der Waals surface area contributed by atoms with E-state index in [1.807, 2.05) is 42.7 Å². The van der Waals surface area contributed by atoms with Crippen molar-refractivity contribution < 1.29 is 14.6 Å². The van der Waals surface area contributed by atoms with Crippen molar-refractivity contribution in [1.29, 1.82) is 0 Å². The average Bonchev–Trinajstić information content (AvgIpc) is 2.92. The fraction of sp³-hybridized carbons (Fsp3) is 0.316. The number of rotatable bonds is 9. The Hall–Kier alpha value is -2.07. The van der Waals surface area contributed by atoms with Crippen LogP contribution in [0.15, 0.2) is 53.0 Å². The van der Waals surface area contributed by atoms with Crippen LogP contribution in [0.3, 0.4) is 0 Å². The molecule has 124 valence electrons. The molecule has 0 aromatic carbocycles. The van der Waals surface area contributed by atoms with Crippen molar-refractivity contribution in [3.8, 4) is 5.75 Å². The lowest BCUT2D eigenvalue weighted by Gasteiger charge is -2.03. The summed E-state index contributed by atoms with van der Waals surface area (Å²) in [7, 11) is 0. The Balaban J connectivity index is 2.63. The number of ether oxygens (including phenoxy) is 1. The van der Waals surface area contributed by atoms with Crippen molar-refractivity contribution in [2.45, 2.75) is 33.6 Å². The number of thiophene rings is 1. The number of unbranched alkanes of at least 4 members (excludes halogenated alkanes) is 1. The number of carboxylic acid groups (broad SMARTS) is 1. The molecule has 4 heteroatoms. The Bertz CT molecular complexity index is 618. The summed E-state index contributed by atoms with van der Waals surface area (Å²) in [5, 5.41) is 10.7. The van der Waals surface area contributed by atoms with Gasteiger partial charge in [0.05, 0.1) is 11.5 Å². The van der Waals surface area contributed by atoms with Crippen LogP contribution in [0.1, 0.15) is 38.5 Å². The van der Waals surface area contributed by atoms with E-state index < -0.39 is 5.97 Å². The Labute approximate surface area is 142 Å². The molecule has 3 nitrogen and oxygen atoms in total. The molecular formula is C19H24O3S. The highest BCUT2D eigenvalue weighted by atomic mass is 32.1. The third kappa shape index (κ3) is 8.21. The molecule has 0 spiro atoms. The minimum atomic E-state index is -0.930. The first-order valence-electron chi connectivity index (χ1n) is 7.67. The Morgan fingerprint density at radius 1 is 1.30 bits per heavy atom. The van der Waals surface area contributed by atoms with Crippen LogP contribution in [-0.2, 0) is 4.79 Å². The van der Waals surface area contributed by atoms with E-state index in [4.69, 9.17) is 9.84 Å². The van der Waals surface area contributed by atoms with Crippen LogP contribution in [0.5, 0.6) is 5.75 Å². The molecule has 0 bridgehead atoms. The lowest BCUT2D eigenvalue weighted by atomic mass is 10.2. The molecule has 1 N–H and O–H groups in total. The van der Waals surface area contributed by atoms with Crippen LogP contribution in [-0.4, -0.2) is 17.7 Å². The van der Waals surface area contributed by atoms with E-state index >= 15 is 0 Å². The molecule has 0 amide bonds. The maximum atomic E-state index is 10.5. The number of carbonyl (C=O) groups is 1. The molecule has 0 unspecified atom stereocenters. The highest BCUT2D eigenvalue weighted by Crippen LogP contribution is 2.26. The van der Waals surface area contributed by atoms with Crippen LogP contribution in [0.25, 0.3) is 6.08 Å². The molecule has 23 heavy (non-hydrogen) atoms. The van der Waals surface area contributed by atoms with Gasteiger partial charge in [0.15, 0.2) is 0 Å². The van der Waals surface area contributed by atoms with Gasteiger partial charge < -0.3 is 9.84 Å². The van der Waals surface area contributed by atoms with Crippen molar-refractivity contribution in [3.63, 3.8) is 0 Å². The topological polar surface area (TPSA) is 46.5 Å².